The molecular formula is C20H20BrFN2O2. The molecule has 0 heterocycles. The van der Waals surface area contributed by atoms with Crippen LogP contribution < -0.4 is 10.6 Å². The number of hydrogen-bond donors (Lipinski definition) is 2. The quantitative estimate of drug-likeness (QED) is 0.660. The zero-order valence-corrected chi connectivity index (χ0v) is 16.4. The molecule has 136 valence electrons. The predicted octanol–water partition coefficient (Wildman–Crippen LogP) is 5.14. The van der Waals surface area contributed by atoms with Gasteiger partial charge in [-0.1, -0.05) is 35.8 Å². The summed E-state index contributed by atoms with van der Waals surface area (Å²) in [4.78, 5) is 24.0. The van der Waals surface area contributed by atoms with Gasteiger partial charge < -0.3 is 10.6 Å². The minimum atomic E-state index is -0.410. The topological polar surface area (TPSA) is 58.2 Å². The fraction of sp³-hybridized carbons (Fsp3) is 0.200. The molecule has 0 aliphatic heterocycles. The highest BCUT2D eigenvalue weighted by atomic mass is 79.9. The van der Waals surface area contributed by atoms with E-state index in [-0.39, 0.29) is 17.7 Å². The van der Waals surface area contributed by atoms with E-state index >= 15 is 0 Å². The lowest BCUT2D eigenvalue weighted by atomic mass is 10.1. The fourth-order valence-electron chi connectivity index (χ4n) is 2.10. The van der Waals surface area contributed by atoms with E-state index in [4.69, 9.17) is 0 Å². The van der Waals surface area contributed by atoms with Crippen molar-refractivity contribution in [1.29, 1.82) is 0 Å². The van der Waals surface area contributed by atoms with Crippen LogP contribution in [0.15, 0.2) is 46.9 Å². The van der Waals surface area contributed by atoms with Gasteiger partial charge in [0.2, 0.25) is 11.8 Å². The van der Waals surface area contributed by atoms with Crippen LogP contribution in [0.2, 0.25) is 0 Å². The van der Waals surface area contributed by atoms with Gasteiger partial charge in [-0.2, -0.15) is 0 Å². The second kappa shape index (κ2) is 8.76. The lowest BCUT2D eigenvalue weighted by Crippen LogP contribution is -2.18. The van der Waals surface area contributed by atoms with Crippen LogP contribution in [0, 0.1) is 18.7 Å². The van der Waals surface area contributed by atoms with Crippen LogP contribution in [0.1, 0.15) is 25.0 Å². The van der Waals surface area contributed by atoms with Crippen LogP contribution in [0.25, 0.3) is 6.08 Å². The largest absolute Gasteiger partial charge is 0.326 e. The summed E-state index contributed by atoms with van der Waals surface area (Å²) < 4.78 is 14.4. The highest BCUT2D eigenvalue weighted by Gasteiger charge is 2.09. The summed E-state index contributed by atoms with van der Waals surface area (Å²) in [6, 6.07) is 9.79. The molecule has 0 aliphatic carbocycles. The van der Waals surface area contributed by atoms with Crippen molar-refractivity contribution in [2.45, 2.75) is 20.8 Å². The van der Waals surface area contributed by atoms with Crippen molar-refractivity contribution in [2.75, 3.05) is 10.6 Å². The minimum absolute atomic E-state index is 0.101. The number of hydrogen-bond acceptors (Lipinski definition) is 2. The van der Waals surface area contributed by atoms with Crippen LogP contribution in [0.3, 0.4) is 0 Å². The second-order valence-electron chi connectivity index (χ2n) is 6.16. The van der Waals surface area contributed by atoms with E-state index in [1.54, 1.807) is 38.1 Å². The van der Waals surface area contributed by atoms with Gasteiger partial charge in [-0.25, -0.2) is 4.39 Å². The lowest BCUT2D eigenvalue weighted by Gasteiger charge is -2.12. The Labute approximate surface area is 160 Å². The molecule has 2 aromatic carbocycles. The first-order valence-corrected chi connectivity index (χ1v) is 8.91. The summed E-state index contributed by atoms with van der Waals surface area (Å²) in [6.07, 6.45) is 2.68. The number of amides is 2. The molecule has 0 saturated carbocycles. The molecule has 0 spiro atoms. The van der Waals surface area contributed by atoms with E-state index in [1.807, 2.05) is 13.0 Å². The van der Waals surface area contributed by atoms with Gasteiger partial charge in [0, 0.05) is 33.4 Å². The molecule has 2 N–H and O–H groups in total. The van der Waals surface area contributed by atoms with Gasteiger partial charge in [-0.3, -0.25) is 9.59 Å². The minimum Gasteiger partial charge on any atom is -0.326 e. The van der Waals surface area contributed by atoms with Gasteiger partial charge in [-0.15, -0.1) is 0 Å². The maximum atomic E-state index is 13.7. The zero-order valence-electron chi connectivity index (χ0n) is 14.8. The summed E-state index contributed by atoms with van der Waals surface area (Å²) in [5, 5.41) is 5.54. The zero-order chi connectivity index (χ0) is 19.3. The van der Waals surface area contributed by atoms with Crippen LogP contribution in [0.4, 0.5) is 15.8 Å². The van der Waals surface area contributed by atoms with Crippen LogP contribution in [-0.4, -0.2) is 11.8 Å². The summed E-state index contributed by atoms with van der Waals surface area (Å²) >= 11 is 3.27. The number of halogens is 2. The highest BCUT2D eigenvalue weighted by Crippen LogP contribution is 2.21. The Morgan fingerprint density at radius 3 is 2.54 bits per heavy atom. The maximum Gasteiger partial charge on any atom is 0.248 e. The fourth-order valence-corrected chi connectivity index (χ4v) is 2.48. The molecule has 6 heteroatoms. The Balaban J connectivity index is 2.12. The molecule has 0 unspecified atom stereocenters. The number of aryl methyl sites for hydroxylation is 1. The SMILES string of the molecule is Cc1ccc(NC(=O)C(C)C)cc1NC(=O)/C=C/c1cc(Br)ccc1F. The molecule has 0 radical (unpaired) electrons. The average Bonchev–Trinajstić information content (AvgIpc) is 2.58. The Morgan fingerprint density at radius 2 is 1.85 bits per heavy atom. The highest BCUT2D eigenvalue weighted by molar-refractivity contribution is 9.10. The summed E-state index contributed by atoms with van der Waals surface area (Å²) in [5.41, 5.74) is 2.34. The molecular weight excluding hydrogens is 399 g/mol. The van der Waals surface area contributed by atoms with Gasteiger partial charge in [0.25, 0.3) is 0 Å². The number of nitrogens with one attached hydrogen (secondary N) is 2. The monoisotopic (exact) mass is 418 g/mol. The third kappa shape index (κ3) is 5.52. The molecule has 0 bridgehead atoms. The first-order chi connectivity index (χ1) is 12.3. The van der Waals surface area contributed by atoms with Crippen LogP contribution >= 0.6 is 15.9 Å². The summed E-state index contributed by atoms with van der Waals surface area (Å²) in [7, 11) is 0. The van der Waals surface area contributed by atoms with E-state index in [9.17, 15) is 14.0 Å². The Hall–Kier alpha value is -2.47. The number of carbonyl (C=O) groups excluding carboxylic acids is 2. The first-order valence-electron chi connectivity index (χ1n) is 8.12. The third-order valence-corrected chi connectivity index (χ3v) is 4.15. The molecule has 2 amide bonds. The predicted molar refractivity (Wildman–Crippen MR) is 106 cm³/mol. The van der Waals surface area contributed by atoms with Crippen molar-refractivity contribution in [2.24, 2.45) is 5.92 Å². The van der Waals surface area contributed by atoms with Gasteiger partial charge in [-0.05, 0) is 48.9 Å². The Morgan fingerprint density at radius 1 is 1.12 bits per heavy atom. The number of rotatable bonds is 5. The normalized spacial score (nSPS) is 11.0. The Bertz CT molecular complexity index is 863. The van der Waals surface area contributed by atoms with Crippen LogP contribution in [0.5, 0.6) is 0 Å². The average molecular weight is 419 g/mol. The molecule has 0 aromatic heterocycles. The van der Waals surface area contributed by atoms with Gasteiger partial charge in [0.05, 0.1) is 0 Å². The van der Waals surface area contributed by atoms with E-state index in [0.717, 1.165) is 10.0 Å². The number of anilines is 2. The van der Waals surface area contributed by atoms with Crippen molar-refractivity contribution in [1.82, 2.24) is 0 Å². The first kappa shape index (κ1) is 19.8. The molecule has 0 aliphatic rings. The molecule has 0 atom stereocenters. The lowest BCUT2D eigenvalue weighted by molar-refractivity contribution is -0.119. The van der Waals surface area contributed by atoms with Crippen molar-refractivity contribution in [3.63, 3.8) is 0 Å². The second-order valence-corrected chi connectivity index (χ2v) is 7.08. The number of benzene rings is 2. The van der Waals surface area contributed by atoms with E-state index in [1.165, 1.54) is 18.2 Å². The van der Waals surface area contributed by atoms with E-state index < -0.39 is 5.82 Å². The van der Waals surface area contributed by atoms with Crippen molar-refractivity contribution < 1.29 is 14.0 Å². The number of carbonyl (C=O) groups is 2. The van der Waals surface area contributed by atoms with Crippen molar-refractivity contribution in [3.05, 3.63) is 63.9 Å². The Kier molecular flexibility index (Phi) is 6.69. The standard InChI is InChI=1S/C20H20BrFN2O2/c1-12(2)20(26)23-16-7-4-13(3)18(11-16)24-19(25)9-5-14-10-15(21)6-8-17(14)22/h4-12H,1-3H3,(H,23,26)(H,24,25)/b9-5+. The third-order valence-electron chi connectivity index (χ3n) is 3.66. The van der Waals surface area contributed by atoms with E-state index in [0.29, 0.717) is 16.9 Å². The molecule has 26 heavy (non-hydrogen) atoms. The molecule has 2 rings (SSSR count). The smallest absolute Gasteiger partial charge is 0.248 e. The molecule has 2 aromatic rings. The summed E-state index contributed by atoms with van der Waals surface area (Å²) in [5.74, 6) is -1.04. The van der Waals surface area contributed by atoms with Crippen molar-refractivity contribution >= 4 is 45.2 Å². The van der Waals surface area contributed by atoms with Gasteiger partial charge in [0.1, 0.15) is 5.82 Å². The van der Waals surface area contributed by atoms with Gasteiger partial charge >= 0.3 is 0 Å². The summed E-state index contributed by atoms with van der Waals surface area (Å²) in [6.45, 7) is 5.46. The van der Waals surface area contributed by atoms with Crippen LogP contribution in [-0.2, 0) is 9.59 Å². The molecule has 4 nitrogen and oxygen atoms in total. The van der Waals surface area contributed by atoms with Crippen molar-refractivity contribution in [3.8, 4) is 0 Å². The molecule has 0 saturated heterocycles. The maximum absolute atomic E-state index is 13.7. The van der Waals surface area contributed by atoms with Gasteiger partial charge in [0.15, 0.2) is 0 Å². The molecule has 0 fully saturated rings. The van der Waals surface area contributed by atoms with E-state index in [2.05, 4.69) is 26.6 Å².